The van der Waals surface area contributed by atoms with Gasteiger partial charge in [-0.2, -0.15) is 0 Å². The summed E-state index contributed by atoms with van der Waals surface area (Å²) in [6.07, 6.45) is 0.293. The molecule has 0 bridgehead atoms. The first kappa shape index (κ1) is 16.6. The summed E-state index contributed by atoms with van der Waals surface area (Å²) >= 11 is 5.81. The van der Waals surface area contributed by atoms with Crippen molar-refractivity contribution in [1.82, 2.24) is 5.32 Å². The number of alkyl halides is 1. The average molecular weight is 325 g/mol. The summed E-state index contributed by atoms with van der Waals surface area (Å²) < 4.78 is 5.18. The number of carbonyl (C=O) groups excluding carboxylic acids is 2. The summed E-state index contributed by atoms with van der Waals surface area (Å²) in [7, 11) is 1.59. The number of nitrogens with one attached hydrogen (secondary N) is 1. The SMILES string of the molecule is COc1cccc(N2C[C@@H](NC(=O)C(C)(C)CCl)CC2=O)c1. The van der Waals surface area contributed by atoms with E-state index in [1.165, 1.54) is 0 Å². The Hall–Kier alpha value is -1.75. The summed E-state index contributed by atoms with van der Waals surface area (Å²) in [5, 5.41) is 2.91. The fourth-order valence-corrected chi connectivity index (χ4v) is 2.40. The third kappa shape index (κ3) is 3.53. The van der Waals surface area contributed by atoms with E-state index < -0.39 is 5.41 Å². The normalized spacial score (nSPS) is 18.5. The quantitative estimate of drug-likeness (QED) is 0.845. The predicted octanol–water partition coefficient (Wildman–Crippen LogP) is 2.18. The van der Waals surface area contributed by atoms with Crippen molar-refractivity contribution in [2.24, 2.45) is 5.41 Å². The van der Waals surface area contributed by atoms with Gasteiger partial charge < -0.3 is 15.0 Å². The lowest BCUT2D eigenvalue weighted by Crippen LogP contribution is -2.44. The van der Waals surface area contributed by atoms with Crippen LogP contribution in [-0.2, 0) is 9.59 Å². The lowest BCUT2D eigenvalue weighted by Gasteiger charge is -2.23. The Kier molecular flexibility index (Phi) is 4.96. The standard InChI is InChI=1S/C16H21ClN2O3/c1-16(2,10-17)15(21)18-11-7-14(20)19(9-11)12-5-4-6-13(8-12)22-3/h4-6,8,11H,7,9-10H2,1-3H3,(H,18,21)/t11-/m0/s1. The predicted molar refractivity (Wildman–Crippen MR) is 86.4 cm³/mol. The van der Waals surface area contributed by atoms with Crippen molar-refractivity contribution in [3.8, 4) is 5.75 Å². The Morgan fingerprint density at radius 1 is 1.50 bits per heavy atom. The number of halogens is 1. The van der Waals surface area contributed by atoms with E-state index in [9.17, 15) is 9.59 Å². The van der Waals surface area contributed by atoms with Crippen LogP contribution in [0, 0.1) is 5.41 Å². The van der Waals surface area contributed by atoms with Gasteiger partial charge in [-0.05, 0) is 26.0 Å². The summed E-state index contributed by atoms with van der Waals surface area (Å²) in [6, 6.07) is 7.13. The minimum Gasteiger partial charge on any atom is -0.497 e. The zero-order valence-corrected chi connectivity index (χ0v) is 13.8. The van der Waals surface area contributed by atoms with E-state index in [4.69, 9.17) is 16.3 Å². The monoisotopic (exact) mass is 324 g/mol. The summed E-state index contributed by atoms with van der Waals surface area (Å²) in [4.78, 5) is 26.0. The maximum atomic E-state index is 12.2. The fourth-order valence-electron chi connectivity index (χ4n) is 2.27. The average Bonchev–Trinajstić information content (AvgIpc) is 2.87. The van der Waals surface area contributed by atoms with Gasteiger partial charge in [-0.25, -0.2) is 0 Å². The third-order valence-electron chi connectivity index (χ3n) is 3.77. The molecule has 0 saturated carbocycles. The highest BCUT2D eigenvalue weighted by Gasteiger charge is 2.35. The van der Waals surface area contributed by atoms with Gasteiger partial charge in [-0.15, -0.1) is 11.6 Å². The molecule has 1 fully saturated rings. The van der Waals surface area contributed by atoms with Gasteiger partial charge in [0.05, 0.1) is 18.6 Å². The molecule has 0 unspecified atom stereocenters. The Balaban J connectivity index is 2.06. The van der Waals surface area contributed by atoms with Crippen LogP contribution in [0.25, 0.3) is 0 Å². The third-order valence-corrected chi connectivity index (χ3v) is 4.44. The minimum atomic E-state index is -0.645. The first-order valence-corrected chi connectivity index (χ1v) is 7.72. The fraction of sp³-hybridized carbons (Fsp3) is 0.500. The Bertz CT molecular complexity index is 574. The molecule has 1 atom stereocenters. The van der Waals surface area contributed by atoms with Crippen molar-refractivity contribution in [1.29, 1.82) is 0 Å². The van der Waals surface area contributed by atoms with E-state index in [0.717, 1.165) is 5.69 Å². The molecule has 1 aromatic rings. The van der Waals surface area contributed by atoms with E-state index in [1.54, 1.807) is 25.9 Å². The molecule has 0 radical (unpaired) electrons. The van der Waals surface area contributed by atoms with Gasteiger partial charge in [0.1, 0.15) is 5.75 Å². The van der Waals surface area contributed by atoms with Gasteiger partial charge in [0.15, 0.2) is 0 Å². The zero-order chi connectivity index (χ0) is 16.3. The Morgan fingerprint density at radius 2 is 2.23 bits per heavy atom. The number of nitrogens with zero attached hydrogens (tertiary/aromatic N) is 1. The topological polar surface area (TPSA) is 58.6 Å². The number of rotatable bonds is 5. The zero-order valence-electron chi connectivity index (χ0n) is 13.1. The number of carbonyl (C=O) groups is 2. The lowest BCUT2D eigenvalue weighted by molar-refractivity contribution is -0.128. The molecular weight excluding hydrogens is 304 g/mol. The molecule has 5 nitrogen and oxygen atoms in total. The smallest absolute Gasteiger partial charge is 0.229 e. The second kappa shape index (κ2) is 6.57. The van der Waals surface area contributed by atoms with Crippen molar-refractivity contribution < 1.29 is 14.3 Å². The second-order valence-electron chi connectivity index (χ2n) is 6.10. The summed E-state index contributed by atoms with van der Waals surface area (Å²) in [5.74, 6) is 0.787. The van der Waals surface area contributed by atoms with Crippen LogP contribution >= 0.6 is 11.6 Å². The number of methoxy groups -OCH3 is 1. The molecule has 2 rings (SSSR count). The summed E-state index contributed by atoms with van der Waals surface area (Å²) in [5.41, 5.74) is 0.131. The highest BCUT2D eigenvalue weighted by Crippen LogP contribution is 2.26. The highest BCUT2D eigenvalue weighted by molar-refractivity contribution is 6.19. The number of benzene rings is 1. The first-order chi connectivity index (χ1) is 10.4. The van der Waals surface area contributed by atoms with Crippen molar-refractivity contribution >= 4 is 29.1 Å². The second-order valence-corrected chi connectivity index (χ2v) is 6.37. The Morgan fingerprint density at radius 3 is 2.86 bits per heavy atom. The van der Waals surface area contributed by atoms with E-state index in [-0.39, 0.29) is 23.7 Å². The van der Waals surface area contributed by atoms with Gasteiger partial charge in [0.2, 0.25) is 11.8 Å². The van der Waals surface area contributed by atoms with Gasteiger partial charge in [0.25, 0.3) is 0 Å². The highest BCUT2D eigenvalue weighted by atomic mass is 35.5. The van der Waals surface area contributed by atoms with Crippen LogP contribution in [0.5, 0.6) is 5.75 Å². The van der Waals surface area contributed by atoms with Crippen molar-refractivity contribution in [2.75, 3.05) is 24.4 Å². The van der Waals surface area contributed by atoms with E-state index >= 15 is 0 Å². The molecule has 0 aromatic heterocycles. The Labute approximate surface area is 135 Å². The largest absolute Gasteiger partial charge is 0.497 e. The van der Waals surface area contributed by atoms with Crippen LogP contribution in [0.4, 0.5) is 5.69 Å². The van der Waals surface area contributed by atoms with E-state index in [2.05, 4.69) is 5.32 Å². The van der Waals surface area contributed by atoms with E-state index in [1.807, 2.05) is 24.3 Å². The molecule has 0 spiro atoms. The van der Waals surface area contributed by atoms with Crippen molar-refractivity contribution in [3.63, 3.8) is 0 Å². The van der Waals surface area contributed by atoms with Crippen LogP contribution in [0.1, 0.15) is 20.3 Å². The molecule has 22 heavy (non-hydrogen) atoms. The number of anilines is 1. The maximum absolute atomic E-state index is 12.2. The molecule has 2 amide bonds. The lowest BCUT2D eigenvalue weighted by atomic mass is 9.95. The van der Waals surface area contributed by atoms with Gasteiger partial charge in [-0.1, -0.05) is 6.07 Å². The van der Waals surface area contributed by atoms with Crippen LogP contribution in [-0.4, -0.2) is 37.4 Å². The van der Waals surface area contributed by atoms with Gasteiger partial charge in [0, 0.05) is 30.6 Å². The number of ether oxygens (including phenoxy) is 1. The molecule has 0 aliphatic carbocycles. The summed E-state index contributed by atoms with van der Waals surface area (Å²) in [6.45, 7) is 4.02. The van der Waals surface area contributed by atoms with Crippen LogP contribution < -0.4 is 15.0 Å². The number of hydrogen-bond donors (Lipinski definition) is 1. The molecule has 1 saturated heterocycles. The molecule has 1 aliphatic rings. The number of amides is 2. The van der Waals surface area contributed by atoms with Crippen molar-refractivity contribution in [2.45, 2.75) is 26.3 Å². The number of hydrogen-bond acceptors (Lipinski definition) is 3. The van der Waals surface area contributed by atoms with Crippen LogP contribution in [0.2, 0.25) is 0 Å². The molecule has 1 aliphatic heterocycles. The van der Waals surface area contributed by atoms with Gasteiger partial charge in [-0.3, -0.25) is 9.59 Å². The molecule has 1 N–H and O–H groups in total. The van der Waals surface area contributed by atoms with Crippen LogP contribution in [0.15, 0.2) is 24.3 Å². The van der Waals surface area contributed by atoms with Crippen molar-refractivity contribution in [3.05, 3.63) is 24.3 Å². The molecule has 120 valence electrons. The molecule has 1 heterocycles. The molecule has 1 aromatic carbocycles. The molecule has 6 heteroatoms. The first-order valence-electron chi connectivity index (χ1n) is 7.18. The maximum Gasteiger partial charge on any atom is 0.229 e. The van der Waals surface area contributed by atoms with Crippen LogP contribution in [0.3, 0.4) is 0 Å². The minimum absolute atomic E-state index is 0.0118. The van der Waals surface area contributed by atoms with Gasteiger partial charge >= 0.3 is 0 Å². The van der Waals surface area contributed by atoms with E-state index in [0.29, 0.717) is 18.7 Å². The molecular formula is C16H21ClN2O3.